The number of aldehydes is 1. The molecule has 0 unspecified atom stereocenters. The summed E-state index contributed by atoms with van der Waals surface area (Å²) < 4.78 is 34.6. The van der Waals surface area contributed by atoms with Gasteiger partial charge in [-0.2, -0.15) is 10.2 Å². The van der Waals surface area contributed by atoms with Crippen molar-refractivity contribution >= 4 is 68.7 Å². The van der Waals surface area contributed by atoms with Crippen LogP contribution in [-0.2, 0) is 27.3 Å². The van der Waals surface area contributed by atoms with Crippen molar-refractivity contribution in [3.05, 3.63) is 106 Å². The van der Waals surface area contributed by atoms with Gasteiger partial charge in [-0.05, 0) is 79.3 Å². The largest absolute Gasteiger partial charge is 0.367 e. The van der Waals surface area contributed by atoms with Gasteiger partial charge in [0.25, 0.3) is 5.91 Å². The second-order valence-electron chi connectivity index (χ2n) is 16.6. The molecule has 0 bridgehead atoms. The normalized spacial score (nSPS) is 14.3. The van der Waals surface area contributed by atoms with E-state index in [4.69, 9.17) is 11.6 Å². The number of benzene rings is 3. The van der Waals surface area contributed by atoms with Crippen molar-refractivity contribution in [2.45, 2.75) is 52.0 Å². The lowest BCUT2D eigenvalue weighted by molar-refractivity contribution is -0.131. The number of H-pyrrole nitrogens is 2. The monoisotopic (exact) mass is 908 g/mol. The number of amides is 3. The van der Waals surface area contributed by atoms with E-state index in [-0.39, 0.29) is 47.5 Å². The molecular formula is C48H55ClF2N10O4. The maximum atomic E-state index is 16.6. The second-order valence-corrected chi connectivity index (χ2v) is 17.0. The Morgan fingerprint density at radius 2 is 1.77 bits per heavy atom. The van der Waals surface area contributed by atoms with Crippen LogP contribution in [0.15, 0.2) is 67.0 Å². The van der Waals surface area contributed by atoms with Crippen LogP contribution in [0.4, 0.5) is 14.5 Å². The first-order valence-electron chi connectivity index (χ1n) is 21.9. The first-order chi connectivity index (χ1) is 31.4. The van der Waals surface area contributed by atoms with Crippen LogP contribution in [0.5, 0.6) is 0 Å². The number of carbonyl (C=O) groups is 4. The Morgan fingerprint density at radius 1 is 0.969 bits per heavy atom. The van der Waals surface area contributed by atoms with E-state index in [2.05, 4.69) is 36.6 Å². The summed E-state index contributed by atoms with van der Waals surface area (Å²) in [5, 5.41) is 16.0. The number of aromatic nitrogens is 5. The van der Waals surface area contributed by atoms with Crippen molar-refractivity contribution in [2.24, 2.45) is 0 Å². The van der Waals surface area contributed by atoms with Crippen molar-refractivity contribution < 1.29 is 28.0 Å². The quantitative estimate of drug-likeness (QED) is 0.0779. The zero-order valence-corrected chi connectivity index (χ0v) is 38.0. The molecule has 1 fully saturated rings. The molecule has 3 aromatic heterocycles. The number of carbonyl (C=O) groups excluding carboxylic acids is 4. The number of unbranched alkanes of at least 4 members (excludes halogenated alkanes) is 1. The first kappa shape index (κ1) is 46.6. The van der Waals surface area contributed by atoms with Gasteiger partial charge in [-0.3, -0.25) is 29.1 Å². The highest BCUT2D eigenvalue weighted by atomic mass is 35.5. The van der Waals surface area contributed by atoms with E-state index in [1.165, 1.54) is 21.9 Å². The van der Waals surface area contributed by atoms with Crippen molar-refractivity contribution in [2.75, 3.05) is 71.9 Å². The van der Waals surface area contributed by atoms with Crippen LogP contribution in [0.3, 0.4) is 0 Å². The van der Waals surface area contributed by atoms with Gasteiger partial charge in [0.2, 0.25) is 11.8 Å². The van der Waals surface area contributed by atoms with Gasteiger partial charge in [0.15, 0.2) is 5.82 Å². The summed E-state index contributed by atoms with van der Waals surface area (Å²) in [6, 6.07) is 14.3. The highest BCUT2D eigenvalue weighted by molar-refractivity contribution is 6.34. The molecule has 17 heteroatoms. The number of piperazine rings is 1. The molecule has 6 aromatic rings. The summed E-state index contributed by atoms with van der Waals surface area (Å²) in [6.07, 6.45) is 9.51. The van der Waals surface area contributed by atoms with Crippen molar-refractivity contribution in [3.63, 3.8) is 0 Å². The molecule has 342 valence electrons. The SMILES string of the molecule is CNC(=O)CCCC=O.Cc1[nH]nc2cccc(CCN3CCN(c4cc(Cl)c(-c5cc(C6=CCCN(C(=O)CCn7cccn7)C6)c(F)c6[nH]c(C(=O)N(C)C)cc56)cc4F)CC3)c12. The van der Waals surface area contributed by atoms with Crippen LogP contribution >= 0.6 is 11.6 Å². The van der Waals surface area contributed by atoms with E-state index in [1.807, 2.05) is 30.0 Å². The molecule has 65 heavy (non-hydrogen) atoms. The Balaban J connectivity index is 0.000000634. The molecule has 0 saturated carbocycles. The molecule has 0 spiro atoms. The van der Waals surface area contributed by atoms with Gasteiger partial charge in [-0.15, -0.1) is 0 Å². The summed E-state index contributed by atoms with van der Waals surface area (Å²) in [7, 11) is 4.83. The van der Waals surface area contributed by atoms with Crippen molar-refractivity contribution in [1.29, 1.82) is 0 Å². The van der Waals surface area contributed by atoms with Crippen LogP contribution in [0, 0.1) is 18.6 Å². The number of hydrogen-bond acceptors (Lipinski definition) is 8. The smallest absolute Gasteiger partial charge is 0.269 e. The summed E-state index contributed by atoms with van der Waals surface area (Å²) >= 11 is 7.03. The number of halogens is 3. The predicted molar refractivity (Wildman–Crippen MR) is 250 cm³/mol. The zero-order valence-electron chi connectivity index (χ0n) is 37.2. The Labute approximate surface area is 381 Å². The fraction of sp³-hybridized carbons (Fsp3) is 0.375. The van der Waals surface area contributed by atoms with Crippen LogP contribution in [0.1, 0.15) is 59.4 Å². The third kappa shape index (κ3) is 10.8. The molecule has 2 aliphatic rings. The molecule has 14 nitrogen and oxygen atoms in total. The molecule has 5 heterocycles. The van der Waals surface area contributed by atoms with E-state index in [0.717, 1.165) is 43.6 Å². The minimum absolute atomic E-state index is 0.00292. The Hall–Kier alpha value is -6.39. The molecule has 2 aliphatic heterocycles. The summed E-state index contributed by atoms with van der Waals surface area (Å²) in [6.45, 7) is 6.88. The lowest BCUT2D eigenvalue weighted by Crippen LogP contribution is -2.47. The second kappa shape index (κ2) is 21.1. The van der Waals surface area contributed by atoms with E-state index in [9.17, 15) is 19.2 Å². The van der Waals surface area contributed by atoms with Crippen LogP contribution in [0.2, 0.25) is 5.02 Å². The van der Waals surface area contributed by atoms with E-state index < -0.39 is 11.6 Å². The number of nitrogens with zero attached hydrogens (tertiary/aromatic N) is 7. The zero-order chi connectivity index (χ0) is 46.2. The van der Waals surface area contributed by atoms with Gasteiger partial charge < -0.3 is 29.8 Å². The predicted octanol–water partition coefficient (Wildman–Crippen LogP) is 7.02. The number of hydrogen-bond donors (Lipinski definition) is 3. The number of anilines is 1. The van der Waals surface area contributed by atoms with Crippen molar-refractivity contribution in [1.82, 2.24) is 45.0 Å². The fourth-order valence-electron chi connectivity index (χ4n) is 8.49. The molecule has 3 amide bonds. The number of nitrogens with one attached hydrogen (secondary N) is 3. The third-order valence-electron chi connectivity index (χ3n) is 12.0. The summed E-state index contributed by atoms with van der Waals surface area (Å²) in [5.74, 6) is -1.39. The highest BCUT2D eigenvalue weighted by Crippen LogP contribution is 2.41. The molecule has 0 radical (unpaired) electrons. The molecule has 1 saturated heterocycles. The molecule has 0 aliphatic carbocycles. The van der Waals surface area contributed by atoms with E-state index >= 15 is 8.78 Å². The van der Waals surface area contributed by atoms with E-state index in [1.54, 1.807) is 67.4 Å². The standard InChI is InChI=1S/C42H44ClF2N9O2.C6H11NO2/c1-26-39-27(7-4-9-35(39)49-48-26)10-15-51-17-19-52(20-18-51)37-24-33(43)31(22-34(37)44)30-21-29(40(45)41-32(30)23-36(47-41)42(56)50(2)3)28-8-5-13-53(25-28)38(55)11-16-54-14-6-12-46-54;1-7-6(9)4-2-3-5-8/h4,6-9,12,14,21-24,47H,5,10-11,13,15-20,25H2,1-3H3,(H,48,49);5H,2-4H2,1H3,(H,7,9). The highest BCUT2D eigenvalue weighted by Gasteiger charge is 2.27. The third-order valence-corrected chi connectivity index (χ3v) is 12.4. The van der Waals surface area contributed by atoms with Gasteiger partial charge in [0.1, 0.15) is 17.8 Å². The van der Waals surface area contributed by atoms with Crippen LogP contribution in [0.25, 0.3) is 38.5 Å². The lowest BCUT2D eigenvalue weighted by Gasteiger charge is -2.36. The fourth-order valence-corrected chi connectivity index (χ4v) is 8.75. The Bertz CT molecular complexity index is 2700. The minimum Gasteiger partial charge on any atom is -0.367 e. The number of fused-ring (bicyclic) bond motifs is 2. The number of aromatic amines is 2. The van der Waals surface area contributed by atoms with Gasteiger partial charge in [0.05, 0.1) is 21.7 Å². The summed E-state index contributed by atoms with van der Waals surface area (Å²) in [4.78, 5) is 57.0. The molecule has 3 N–H and O–H groups in total. The number of rotatable bonds is 14. The lowest BCUT2D eigenvalue weighted by atomic mass is 9.93. The van der Waals surface area contributed by atoms with Gasteiger partial charge in [0, 0.05) is 133 Å². The minimum atomic E-state index is -0.554. The average molecular weight is 909 g/mol. The first-order valence-corrected chi connectivity index (χ1v) is 22.3. The molecule has 8 rings (SSSR count). The molecular weight excluding hydrogens is 854 g/mol. The van der Waals surface area contributed by atoms with Crippen molar-refractivity contribution in [3.8, 4) is 11.1 Å². The van der Waals surface area contributed by atoms with Gasteiger partial charge in [-0.25, -0.2) is 8.78 Å². The van der Waals surface area contributed by atoms with Gasteiger partial charge >= 0.3 is 0 Å². The van der Waals surface area contributed by atoms with E-state index in [0.29, 0.717) is 84.7 Å². The topological polar surface area (TPSA) is 156 Å². The van der Waals surface area contributed by atoms with Crippen LogP contribution in [-0.4, -0.2) is 131 Å². The maximum Gasteiger partial charge on any atom is 0.269 e. The summed E-state index contributed by atoms with van der Waals surface area (Å²) in [5.41, 5.74) is 5.77. The van der Waals surface area contributed by atoms with Crippen LogP contribution < -0.4 is 10.2 Å². The average Bonchev–Trinajstić information content (AvgIpc) is 4.10. The maximum absolute atomic E-state index is 16.6. The van der Waals surface area contributed by atoms with Gasteiger partial charge in [-0.1, -0.05) is 29.8 Å². The molecule has 0 atom stereocenters. The number of aryl methyl sites for hydroxylation is 2. The Morgan fingerprint density at radius 3 is 2.49 bits per heavy atom. The molecule has 3 aromatic carbocycles. The Kier molecular flexibility index (Phi) is 15.1.